The van der Waals surface area contributed by atoms with Crippen molar-refractivity contribution in [2.75, 3.05) is 13.2 Å². The van der Waals surface area contributed by atoms with Crippen molar-refractivity contribution >= 4 is 0 Å². The van der Waals surface area contributed by atoms with E-state index in [9.17, 15) is 0 Å². The lowest BCUT2D eigenvalue weighted by Crippen LogP contribution is -2.00. The van der Waals surface area contributed by atoms with Gasteiger partial charge in [-0.05, 0) is 19.4 Å². The molecule has 0 unspecified atom stereocenters. The first-order valence-corrected chi connectivity index (χ1v) is 4.43. The van der Waals surface area contributed by atoms with E-state index in [1.54, 1.807) is 0 Å². The molecule has 3 heteroatoms. The van der Waals surface area contributed by atoms with Crippen LogP contribution in [0.2, 0.25) is 0 Å². The van der Waals surface area contributed by atoms with Crippen molar-refractivity contribution in [2.45, 2.75) is 38.5 Å². The van der Waals surface area contributed by atoms with Crippen LogP contribution in [0.5, 0.6) is 0 Å². The van der Waals surface area contributed by atoms with Crippen LogP contribution >= 0.6 is 0 Å². The fourth-order valence-electron chi connectivity index (χ4n) is 1.04. The van der Waals surface area contributed by atoms with Gasteiger partial charge in [0.25, 0.3) is 0 Å². The SMILES string of the molecule is NCCCCCCCCON. The molecule has 0 spiro atoms. The van der Waals surface area contributed by atoms with Gasteiger partial charge in [0.15, 0.2) is 0 Å². The standard InChI is InChI=1S/C8H20N2O/c9-7-5-3-1-2-4-6-8-11-10/h1-10H2. The second kappa shape index (κ2) is 9.88. The molecule has 4 N–H and O–H groups in total. The second-order valence-corrected chi connectivity index (χ2v) is 2.78. The Morgan fingerprint density at radius 2 is 1.36 bits per heavy atom. The lowest BCUT2D eigenvalue weighted by molar-refractivity contribution is 0.133. The molecule has 0 aromatic rings. The molecule has 0 rings (SSSR count). The van der Waals surface area contributed by atoms with Gasteiger partial charge in [0, 0.05) is 0 Å². The molecular weight excluding hydrogens is 140 g/mol. The summed E-state index contributed by atoms with van der Waals surface area (Å²) in [5, 5.41) is 0. The maximum Gasteiger partial charge on any atom is 0.0679 e. The van der Waals surface area contributed by atoms with Crippen LogP contribution in [0.3, 0.4) is 0 Å². The molecule has 0 fully saturated rings. The van der Waals surface area contributed by atoms with Crippen molar-refractivity contribution in [3.8, 4) is 0 Å². The molecule has 0 aliphatic heterocycles. The molecule has 0 aliphatic carbocycles. The maximum absolute atomic E-state index is 5.35. The van der Waals surface area contributed by atoms with Gasteiger partial charge in [-0.25, -0.2) is 5.90 Å². The van der Waals surface area contributed by atoms with Crippen LogP contribution < -0.4 is 11.6 Å². The molecular formula is C8H20N2O. The van der Waals surface area contributed by atoms with Crippen molar-refractivity contribution in [2.24, 2.45) is 11.6 Å². The van der Waals surface area contributed by atoms with E-state index >= 15 is 0 Å². The van der Waals surface area contributed by atoms with E-state index in [4.69, 9.17) is 11.6 Å². The summed E-state index contributed by atoms with van der Waals surface area (Å²) in [6.07, 6.45) is 7.30. The van der Waals surface area contributed by atoms with Crippen molar-refractivity contribution < 1.29 is 4.84 Å². The highest BCUT2D eigenvalue weighted by atomic mass is 16.6. The van der Waals surface area contributed by atoms with Gasteiger partial charge in [-0.15, -0.1) is 0 Å². The minimum atomic E-state index is 0.691. The summed E-state index contributed by atoms with van der Waals surface area (Å²) in [7, 11) is 0. The molecule has 0 aromatic carbocycles. The molecule has 68 valence electrons. The Labute approximate surface area is 69.0 Å². The smallest absolute Gasteiger partial charge is 0.0679 e. The quantitative estimate of drug-likeness (QED) is 0.414. The van der Waals surface area contributed by atoms with Gasteiger partial charge >= 0.3 is 0 Å². The molecule has 0 aliphatic rings. The Hall–Kier alpha value is -0.120. The van der Waals surface area contributed by atoms with E-state index in [0.29, 0.717) is 6.61 Å². The summed E-state index contributed by atoms with van der Waals surface area (Å²) in [4.78, 5) is 4.45. The molecule has 0 saturated carbocycles. The van der Waals surface area contributed by atoms with Gasteiger partial charge in [-0.1, -0.05) is 25.7 Å². The van der Waals surface area contributed by atoms with Gasteiger partial charge < -0.3 is 10.6 Å². The molecule has 11 heavy (non-hydrogen) atoms. The second-order valence-electron chi connectivity index (χ2n) is 2.78. The highest BCUT2D eigenvalue weighted by molar-refractivity contribution is 4.44. The highest BCUT2D eigenvalue weighted by Crippen LogP contribution is 2.04. The minimum absolute atomic E-state index is 0.691. The fraction of sp³-hybridized carbons (Fsp3) is 1.00. The summed E-state index contributed by atoms with van der Waals surface area (Å²) in [6.45, 7) is 1.52. The van der Waals surface area contributed by atoms with Crippen LogP contribution in [-0.4, -0.2) is 13.2 Å². The average molecular weight is 160 g/mol. The van der Waals surface area contributed by atoms with E-state index in [0.717, 1.165) is 19.4 Å². The molecule has 3 nitrogen and oxygen atoms in total. The Balaban J connectivity index is 2.69. The van der Waals surface area contributed by atoms with Crippen molar-refractivity contribution in [3.63, 3.8) is 0 Å². The molecule has 0 heterocycles. The first kappa shape index (κ1) is 10.9. The number of rotatable bonds is 8. The van der Waals surface area contributed by atoms with Gasteiger partial charge in [-0.3, -0.25) is 0 Å². The van der Waals surface area contributed by atoms with Crippen LogP contribution in [0.4, 0.5) is 0 Å². The number of unbranched alkanes of at least 4 members (excludes halogenated alkanes) is 5. The molecule has 0 radical (unpaired) electrons. The van der Waals surface area contributed by atoms with Gasteiger partial charge in [0.2, 0.25) is 0 Å². The number of hydrogen-bond acceptors (Lipinski definition) is 3. The molecule has 0 atom stereocenters. The van der Waals surface area contributed by atoms with Crippen LogP contribution in [0.25, 0.3) is 0 Å². The van der Waals surface area contributed by atoms with Crippen molar-refractivity contribution in [3.05, 3.63) is 0 Å². The van der Waals surface area contributed by atoms with E-state index < -0.39 is 0 Å². The zero-order valence-electron chi connectivity index (χ0n) is 7.22. The monoisotopic (exact) mass is 160 g/mol. The number of nitrogens with two attached hydrogens (primary N) is 2. The molecule has 0 bridgehead atoms. The zero-order chi connectivity index (χ0) is 8.36. The highest BCUT2D eigenvalue weighted by Gasteiger charge is 1.89. The van der Waals surface area contributed by atoms with Gasteiger partial charge in [0.05, 0.1) is 6.61 Å². The predicted molar refractivity (Wildman–Crippen MR) is 46.9 cm³/mol. The summed E-state index contributed by atoms with van der Waals surface area (Å²) < 4.78 is 0. The Morgan fingerprint density at radius 3 is 1.91 bits per heavy atom. The first-order chi connectivity index (χ1) is 5.41. The van der Waals surface area contributed by atoms with Crippen LogP contribution in [0, 0.1) is 0 Å². The summed E-state index contributed by atoms with van der Waals surface area (Å²) >= 11 is 0. The van der Waals surface area contributed by atoms with Crippen LogP contribution in [0.15, 0.2) is 0 Å². The summed E-state index contributed by atoms with van der Waals surface area (Å²) in [5.41, 5.74) is 5.35. The molecule has 0 aromatic heterocycles. The third kappa shape index (κ3) is 9.88. The van der Waals surface area contributed by atoms with Crippen LogP contribution in [0.1, 0.15) is 38.5 Å². The van der Waals surface area contributed by atoms with E-state index in [-0.39, 0.29) is 0 Å². The Kier molecular flexibility index (Phi) is 9.77. The normalized spacial score (nSPS) is 10.4. The topological polar surface area (TPSA) is 61.3 Å². The first-order valence-electron chi connectivity index (χ1n) is 4.43. The van der Waals surface area contributed by atoms with Gasteiger partial charge in [0.1, 0.15) is 0 Å². The molecule has 0 amide bonds. The Morgan fingerprint density at radius 1 is 0.818 bits per heavy atom. The fourth-order valence-corrected chi connectivity index (χ4v) is 1.04. The largest absolute Gasteiger partial charge is 0.330 e. The average Bonchev–Trinajstić information content (AvgIpc) is 2.03. The molecule has 0 saturated heterocycles. The van der Waals surface area contributed by atoms with E-state index in [1.165, 1.54) is 25.7 Å². The Bertz CT molecular complexity index is 61.1. The van der Waals surface area contributed by atoms with Gasteiger partial charge in [-0.2, -0.15) is 0 Å². The number of hydrogen-bond donors (Lipinski definition) is 2. The zero-order valence-corrected chi connectivity index (χ0v) is 7.22. The van der Waals surface area contributed by atoms with E-state index in [2.05, 4.69) is 4.84 Å². The lowest BCUT2D eigenvalue weighted by atomic mass is 10.1. The lowest BCUT2D eigenvalue weighted by Gasteiger charge is -1.99. The predicted octanol–water partition coefficient (Wildman–Crippen LogP) is 1.18. The third-order valence-corrected chi connectivity index (χ3v) is 1.72. The summed E-state index contributed by atoms with van der Waals surface area (Å²) in [5.74, 6) is 4.87. The summed E-state index contributed by atoms with van der Waals surface area (Å²) in [6, 6.07) is 0. The van der Waals surface area contributed by atoms with Crippen molar-refractivity contribution in [1.82, 2.24) is 0 Å². The third-order valence-electron chi connectivity index (χ3n) is 1.72. The maximum atomic E-state index is 5.35. The van der Waals surface area contributed by atoms with Crippen LogP contribution in [-0.2, 0) is 4.84 Å². The van der Waals surface area contributed by atoms with Crippen molar-refractivity contribution in [1.29, 1.82) is 0 Å². The minimum Gasteiger partial charge on any atom is -0.330 e. The van der Waals surface area contributed by atoms with E-state index in [1.807, 2.05) is 0 Å².